The number of hydrogen-bond acceptors (Lipinski definition) is 4. The van der Waals surface area contributed by atoms with Crippen molar-refractivity contribution in [2.24, 2.45) is 0 Å². The van der Waals surface area contributed by atoms with Gasteiger partial charge in [0.15, 0.2) is 0 Å². The molecule has 0 radical (unpaired) electrons. The number of nitro groups is 1. The third-order valence-corrected chi connectivity index (χ3v) is 3.60. The van der Waals surface area contributed by atoms with Crippen LogP contribution in [0.2, 0.25) is 0 Å². The average Bonchev–Trinajstić information content (AvgIpc) is 2.18. The van der Waals surface area contributed by atoms with Crippen LogP contribution in [0.4, 0.5) is 5.69 Å². The number of aliphatic hydroxyl groups is 1. The highest BCUT2D eigenvalue weighted by Crippen LogP contribution is 2.31. The molecule has 6 heteroatoms. The Balaban J connectivity index is 2.27. The second kappa shape index (κ2) is 4.12. The Morgan fingerprint density at radius 2 is 2.25 bits per heavy atom. The summed E-state index contributed by atoms with van der Waals surface area (Å²) in [4.78, 5) is 10.3. The zero-order valence-corrected chi connectivity index (χ0v) is 10.0. The molecule has 0 aromatic heterocycles. The first kappa shape index (κ1) is 11.5. The molecule has 1 aliphatic heterocycles. The molecule has 5 nitrogen and oxygen atoms in total. The topological polar surface area (TPSA) is 75.4 Å². The molecule has 1 saturated heterocycles. The van der Waals surface area contributed by atoms with Crippen LogP contribution in [0.5, 0.6) is 0 Å². The maximum atomic E-state index is 10.7. The largest absolute Gasteiger partial charge is 0.387 e. The SMILES string of the molecule is O=[N+]([O-])c1cccc(CC2(O)CNC2)c1Br. The molecule has 86 valence electrons. The van der Waals surface area contributed by atoms with Crippen LogP contribution >= 0.6 is 15.9 Å². The van der Waals surface area contributed by atoms with Crippen LogP contribution < -0.4 is 5.32 Å². The standard InChI is InChI=1S/C10H11BrN2O3/c11-9-7(4-10(14)5-12-6-10)2-1-3-8(9)13(15)16/h1-3,12,14H,4-6H2. The molecule has 0 spiro atoms. The summed E-state index contributed by atoms with van der Waals surface area (Å²) in [5.74, 6) is 0. The normalized spacial score (nSPS) is 17.9. The minimum atomic E-state index is -0.766. The highest BCUT2D eigenvalue weighted by Gasteiger charge is 2.35. The maximum Gasteiger partial charge on any atom is 0.283 e. The molecule has 0 atom stereocenters. The number of hydrogen-bond donors (Lipinski definition) is 2. The minimum Gasteiger partial charge on any atom is -0.387 e. The van der Waals surface area contributed by atoms with E-state index in [1.165, 1.54) is 6.07 Å². The van der Waals surface area contributed by atoms with Gasteiger partial charge in [-0.1, -0.05) is 12.1 Å². The van der Waals surface area contributed by atoms with E-state index in [1.54, 1.807) is 12.1 Å². The molecule has 0 saturated carbocycles. The number of halogens is 1. The van der Waals surface area contributed by atoms with Crippen molar-refractivity contribution in [2.45, 2.75) is 12.0 Å². The molecule has 1 aromatic carbocycles. The molecule has 16 heavy (non-hydrogen) atoms. The smallest absolute Gasteiger partial charge is 0.283 e. The molecular formula is C10H11BrN2O3. The zero-order valence-electron chi connectivity index (χ0n) is 8.44. The van der Waals surface area contributed by atoms with Gasteiger partial charge in [-0.05, 0) is 21.5 Å². The number of nitrogens with zero attached hydrogens (tertiary/aromatic N) is 1. The van der Waals surface area contributed by atoms with Crippen LogP contribution in [-0.2, 0) is 6.42 Å². The third kappa shape index (κ3) is 2.09. The highest BCUT2D eigenvalue weighted by molar-refractivity contribution is 9.10. The summed E-state index contributed by atoms with van der Waals surface area (Å²) >= 11 is 3.21. The van der Waals surface area contributed by atoms with Crippen LogP contribution in [0.25, 0.3) is 0 Å². The fraction of sp³-hybridized carbons (Fsp3) is 0.400. The molecule has 2 N–H and O–H groups in total. The van der Waals surface area contributed by atoms with Gasteiger partial charge in [-0.15, -0.1) is 0 Å². The molecular weight excluding hydrogens is 276 g/mol. The molecule has 0 bridgehead atoms. The van der Waals surface area contributed by atoms with Crippen molar-refractivity contribution < 1.29 is 10.0 Å². The molecule has 0 unspecified atom stereocenters. The van der Waals surface area contributed by atoms with Crippen molar-refractivity contribution >= 4 is 21.6 Å². The van der Waals surface area contributed by atoms with E-state index in [1.807, 2.05) is 0 Å². The first-order valence-corrected chi connectivity index (χ1v) is 5.66. The number of nitrogens with one attached hydrogen (secondary N) is 1. The fourth-order valence-electron chi connectivity index (χ4n) is 1.74. The second-order valence-corrected chi connectivity index (χ2v) is 4.81. The lowest BCUT2D eigenvalue weighted by molar-refractivity contribution is -0.385. The summed E-state index contributed by atoms with van der Waals surface area (Å²) in [7, 11) is 0. The summed E-state index contributed by atoms with van der Waals surface area (Å²) in [6.45, 7) is 1.06. The lowest BCUT2D eigenvalue weighted by Crippen LogP contribution is -2.60. The number of nitro benzene ring substituents is 1. The van der Waals surface area contributed by atoms with Gasteiger partial charge in [-0.25, -0.2) is 0 Å². The molecule has 0 amide bonds. The van der Waals surface area contributed by atoms with E-state index in [0.29, 0.717) is 24.0 Å². The quantitative estimate of drug-likeness (QED) is 0.647. The van der Waals surface area contributed by atoms with E-state index in [4.69, 9.17) is 0 Å². The first-order valence-electron chi connectivity index (χ1n) is 4.87. The van der Waals surface area contributed by atoms with E-state index in [9.17, 15) is 15.2 Å². The van der Waals surface area contributed by atoms with Gasteiger partial charge in [0, 0.05) is 25.6 Å². The van der Waals surface area contributed by atoms with Crippen LogP contribution in [0, 0.1) is 10.1 Å². The van der Waals surface area contributed by atoms with Gasteiger partial charge in [-0.3, -0.25) is 10.1 Å². The van der Waals surface area contributed by atoms with Crippen LogP contribution in [0.3, 0.4) is 0 Å². The van der Waals surface area contributed by atoms with Crippen molar-refractivity contribution in [1.82, 2.24) is 5.32 Å². The first-order chi connectivity index (χ1) is 7.52. The Kier molecular flexibility index (Phi) is 2.96. The van der Waals surface area contributed by atoms with Crippen molar-refractivity contribution in [3.05, 3.63) is 38.3 Å². The maximum absolute atomic E-state index is 10.7. The monoisotopic (exact) mass is 286 g/mol. The van der Waals surface area contributed by atoms with Crippen molar-refractivity contribution in [2.75, 3.05) is 13.1 Å². The Morgan fingerprint density at radius 3 is 2.75 bits per heavy atom. The molecule has 0 aliphatic carbocycles. The summed E-state index contributed by atoms with van der Waals surface area (Å²) in [5.41, 5.74) is 0.0316. The summed E-state index contributed by atoms with van der Waals surface area (Å²) in [6, 6.07) is 4.86. The Hall–Kier alpha value is -0.980. The molecule has 2 rings (SSSR count). The van der Waals surface area contributed by atoms with Crippen LogP contribution in [-0.4, -0.2) is 28.7 Å². The lowest BCUT2D eigenvalue weighted by atomic mass is 9.89. The predicted octanol–water partition coefficient (Wildman–Crippen LogP) is 1.23. The van der Waals surface area contributed by atoms with E-state index < -0.39 is 10.5 Å². The molecule has 1 heterocycles. The number of benzene rings is 1. The number of rotatable bonds is 3. The van der Waals surface area contributed by atoms with Gasteiger partial charge in [0.05, 0.1) is 15.0 Å². The second-order valence-electron chi connectivity index (χ2n) is 4.01. The Labute approximate surface area is 101 Å². The van der Waals surface area contributed by atoms with Crippen LogP contribution in [0.15, 0.2) is 22.7 Å². The Bertz CT molecular complexity index is 432. The fourth-order valence-corrected chi connectivity index (χ4v) is 2.29. The number of β-amino-alcohol motifs (C(OH)–C–C–N with tert-alkyl or cyclic N) is 1. The summed E-state index contributed by atoms with van der Waals surface area (Å²) < 4.78 is 0.459. The van der Waals surface area contributed by atoms with Gasteiger partial charge in [-0.2, -0.15) is 0 Å². The summed E-state index contributed by atoms with van der Waals surface area (Å²) in [5, 5.41) is 23.7. The van der Waals surface area contributed by atoms with Gasteiger partial charge >= 0.3 is 0 Å². The van der Waals surface area contributed by atoms with E-state index in [2.05, 4.69) is 21.2 Å². The third-order valence-electron chi connectivity index (χ3n) is 2.68. The molecule has 1 aliphatic rings. The van der Waals surface area contributed by atoms with Crippen molar-refractivity contribution in [3.8, 4) is 0 Å². The van der Waals surface area contributed by atoms with Crippen molar-refractivity contribution in [3.63, 3.8) is 0 Å². The van der Waals surface area contributed by atoms with Crippen molar-refractivity contribution in [1.29, 1.82) is 0 Å². The van der Waals surface area contributed by atoms with E-state index in [-0.39, 0.29) is 5.69 Å². The zero-order chi connectivity index (χ0) is 11.8. The summed E-state index contributed by atoms with van der Waals surface area (Å²) in [6.07, 6.45) is 0.419. The predicted molar refractivity (Wildman–Crippen MR) is 62.3 cm³/mol. The van der Waals surface area contributed by atoms with Gasteiger partial charge in [0.2, 0.25) is 0 Å². The van der Waals surface area contributed by atoms with Gasteiger partial charge < -0.3 is 10.4 Å². The van der Waals surface area contributed by atoms with Gasteiger partial charge in [0.25, 0.3) is 5.69 Å². The van der Waals surface area contributed by atoms with Crippen LogP contribution in [0.1, 0.15) is 5.56 Å². The molecule has 1 fully saturated rings. The van der Waals surface area contributed by atoms with E-state index in [0.717, 1.165) is 5.56 Å². The minimum absolute atomic E-state index is 0.0355. The Morgan fingerprint density at radius 1 is 1.56 bits per heavy atom. The lowest BCUT2D eigenvalue weighted by Gasteiger charge is -2.37. The average molecular weight is 287 g/mol. The van der Waals surface area contributed by atoms with Gasteiger partial charge in [0.1, 0.15) is 0 Å². The molecule has 1 aromatic rings. The van der Waals surface area contributed by atoms with E-state index >= 15 is 0 Å². The highest BCUT2D eigenvalue weighted by atomic mass is 79.9.